The van der Waals surface area contributed by atoms with Crippen LogP contribution < -0.4 is 16.0 Å². The number of fused-ring (bicyclic) bond motifs is 1. The van der Waals surface area contributed by atoms with E-state index in [0.29, 0.717) is 6.54 Å². The molecule has 1 fully saturated rings. The van der Waals surface area contributed by atoms with E-state index in [1.54, 1.807) is 0 Å². The van der Waals surface area contributed by atoms with Crippen molar-refractivity contribution in [3.05, 3.63) is 67.1 Å². The SMILES string of the molecule is CCNC(=O)Nc1cccc(-c2cnc3cc(-c4ccc(NCCN5CCOCC5)nc4)ccn23)c1.Cl. The summed E-state index contributed by atoms with van der Waals surface area (Å²) in [6, 6.07) is 15.8. The number of nitrogens with one attached hydrogen (secondary N) is 3. The van der Waals surface area contributed by atoms with E-state index in [2.05, 4.69) is 49.0 Å². The Labute approximate surface area is 222 Å². The molecule has 2 amide bonds. The van der Waals surface area contributed by atoms with E-state index in [1.807, 2.05) is 60.2 Å². The predicted molar refractivity (Wildman–Crippen MR) is 150 cm³/mol. The van der Waals surface area contributed by atoms with Gasteiger partial charge in [-0.15, -0.1) is 12.4 Å². The number of urea groups is 1. The molecule has 3 N–H and O–H groups in total. The number of halogens is 1. The first-order valence-corrected chi connectivity index (χ1v) is 12.3. The summed E-state index contributed by atoms with van der Waals surface area (Å²) in [5, 5.41) is 9.01. The Morgan fingerprint density at radius 1 is 1.00 bits per heavy atom. The first kappa shape index (κ1) is 26.4. The summed E-state index contributed by atoms with van der Waals surface area (Å²) >= 11 is 0. The molecule has 1 aromatic carbocycles. The number of morpholine rings is 1. The van der Waals surface area contributed by atoms with Gasteiger partial charge in [0.25, 0.3) is 0 Å². The number of nitrogens with zero attached hydrogens (tertiary/aromatic N) is 4. The largest absolute Gasteiger partial charge is 0.379 e. The molecule has 0 spiro atoms. The Balaban J connectivity index is 0.00000320. The van der Waals surface area contributed by atoms with Crippen molar-refractivity contribution in [3.63, 3.8) is 0 Å². The molecule has 1 aliphatic heterocycles. The number of imidazole rings is 1. The second-order valence-corrected chi connectivity index (χ2v) is 8.67. The topological polar surface area (TPSA) is 95.8 Å². The molecule has 10 heteroatoms. The summed E-state index contributed by atoms with van der Waals surface area (Å²) in [7, 11) is 0. The minimum atomic E-state index is -0.218. The Bertz CT molecular complexity index is 1320. The van der Waals surface area contributed by atoms with Crippen LogP contribution in [0.4, 0.5) is 16.3 Å². The number of benzene rings is 1. The lowest BCUT2D eigenvalue weighted by Gasteiger charge is -2.26. The molecule has 0 saturated carbocycles. The number of hydrogen-bond acceptors (Lipinski definition) is 6. The zero-order valence-corrected chi connectivity index (χ0v) is 21.6. The third-order valence-electron chi connectivity index (χ3n) is 6.20. The van der Waals surface area contributed by atoms with Gasteiger partial charge in [-0.25, -0.2) is 14.8 Å². The third kappa shape index (κ3) is 6.56. The number of carbonyl (C=O) groups excluding carboxylic acids is 1. The van der Waals surface area contributed by atoms with Gasteiger partial charge in [0.05, 0.1) is 25.1 Å². The Morgan fingerprint density at radius 2 is 1.86 bits per heavy atom. The average Bonchev–Trinajstić information content (AvgIpc) is 3.33. The molecule has 1 saturated heterocycles. The highest BCUT2D eigenvalue weighted by molar-refractivity contribution is 5.90. The molecule has 4 heterocycles. The van der Waals surface area contributed by atoms with Crippen molar-refractivity contribution in [3.8, 4) is 22.4 Å². The van der Waals surface area contributed by atoms with Crippen LogP contribution in [0.25, 0.3) is 28.0 Å². The number of carbonyl (C=O) groups is 1. The fraction of sp³-hybridized carbons (Fsp3) is 0.296. The maximum Gasteiger partial charge on any atom is 0.319 e. The lowest BCUT2D eigenvalue weighted by atomic mass is 10.1. The summed E-state index contributed by atoms with van der Waals surface area (Å²) < 4.78 is 7.44. The third-order valence-corrected chi connectivity index (χ3v) is 6.20. The smallest absolute Gasteiger partial charge is 0.319 e. The predicted octanol–water partition coefficient (Wildman–Crippen LogP) is 4.37. The number of pyridine rings is 2. The van der Waals surface area contributed by atoms with Gasteiger partial charge >= 0.3 is 6.03 Å². The van der Waals surface area contributed by atoms with Crippen LogP contribution in [0.2, 0.25) is 0 Å². The molecule has 0 aliphatic carbocycles. The van der Waals surface area contributed by atoms with Crippen molar-refractivity contribution in [1.29, 1.82) is 0 Å². The highest BCUT2D eigenvalue weighted by atomic mass is 35.5. The van der Waals surface area contributed by atoms with Gasteiger partial charge < -0.3 is 20.7 Å². The van der Waals surface area contributed by atoms with Gasteiger partial charge in [0, 0.05) is 61.9 Å². The quantitative estimate of drug-likeness (QED) is 0.319. The molecule has 5 rings (SSSR count). The summed E-state index contributed by atoms with van der Waals surface area (Å²) in [5.74, 6) is 0.872. The molecular formula is C27H32ClN7O2. The fourth-order valence-electron chi connectivity index (χ4n) is 4.30. The van der Waals surface area contributed by atoms with Crippen LogP contribution in [0.15, 0.2) is 67.1 Å². The summed E-state index contributed by atoms with van der Waals surface area (Å²) in [4.78, 5) is 23.5. The molecule has 194 valence electrons. The average molecular weight is 522 g/mol. The molecule has 37 heavy (non-hydrogen) atoms. The van der Waals surface area contributed by atoms with E-state index < -0.39 is 0 Å². The molecule has 3 aromatic heterocycles. The maximum atomic E-state index is 11.9. The number of hydrogen-bond donors (Lipinski definition) is 3. The monoisotopic (exact) mass is 521 g/mol. The van der Waals surface area contributed by atoms with E-state index in [4.69, 9.17) is 4.74 Å². The fourth-order valence-corrected chi connectivity index (χ4v) is 4.30. The van der Waals surface area contributed by atoms with E-state index >= 15 is 0 Å². The second kappa shape index (κ2) is 12.5. The van der Waals surface area contributed by atoms with E-state index in [9.17, 15) is 4.79 Å². The number of aromatic nitrogens is 3. The van der Waals surface area contributed by atoms with Crippen molar-refractivity contribution >= 4 is 35.6 Å². The molecule has 0 radical (unpaired) electrons. The van der Waals surface area contributed by atoms with Crippen molar-refractivity contribution in [2.75, 3.05) is 56.6 Å². The molecule has 0 atom stereocenters. The van der Waals surface area contributed by atoms with Crippen molar-refractivity contribution in [2.24, 2.45) is 0 Å². The Morgan fingerprint density at radius 3 is 2.65 bits per heavy atom. The second-order valence-electron chi connectivity index (χ2n) is 8.67. The van der Waals surface area contributed by atoms with Gasteiger partial charge in [-0.2, -0.15) is 0 Å². The van der Waals surface area contributed by atoms with Crippen LogP contribution in [0, 0.1) is 0 Å². The van der Waals surface area contributed by atoms with Gasteiger partial charge in [0.1, 0.15) is 11.5 Å². The zero-order valence-electron chi connectivity index (χ0n) is 20.8. The summed E-state index contributed by atoms with van der Waals surface area (Å²) in [6.07, 6.45) is 5.76. The molecule has 0 bridgehead atoms. The van der Waals surface area contributed by atoms with Gasteiger partial charge in [-0.05, 0) is 48.9 Å². The van der Waals surface area contributed by atoms with Gasteiger partial charge in [0.15, 0.2) is 0 Å². The standard InChI is InChI=1S/C27H31N7O2.ClH/c1-2-28-27(35)32-23-5-3-4-21(16-23)24-19-31-26-17-20(8-10-34(24)26)22-6-7-25(30-18-22)29-9-11-33-12-14-36-15-13-33;/h3-8,10,16-19H,2,9,11-15H2,1H3,(H,29,30)(H2,28,32,35);1H. The Hall–Kier alpha value is -3.66. The van der Waals surface area contributed by atoms with Crippen molar-refractivity contribution in [1.82, 2.24) is 24.6 Å². The molecule has 0 unspecified atom stereocenters. The first-order chi connectivity index (χ1) is 17.7. The number of rotatable bonds is 8. The maximum absolute atomic E-state index is 11.9. The van der Waals surface area contributed by atoms with Crippen LogP contribution in [0.3, 0.4) is 0 Å². The highest BCUT2D eigenvalue weighted by Gasteiger charge is 2.11. The minimum Gasteiger partial charge on any atom is -0.379 e. The number of ether oxygens (including phenoxy) is 1. The van der Waals surface area contributed by atoms with E-state index in [0.717, 1.165) is 78.9 Å². The minimum absolute atomic E-state index is 0. The zero-order chi connectivity index (χ0) is 24.7. The molecule has 9 nitrogen and oxygen atoms in total. The van der Waals surface area contributed by atoms with Gasteiger partial charge in [0.2, 0.25) is 0 Å². The molecular weight excluding hydrogens is 490 g/mol. The van der Waals surface area contributed by atoms with Crippen molar-refractivity contribution < 1.29 is 9.53 Å². The Kier molecular flexibility index (Phi) is 8.95. The van der Waals surface area contributed by atoms with Crippen LogP contribution >= 0.6 is 12.4 Å². The lowest BCUT2D eigenvalue weighted by Crippen LogP contribution is -2.39. The summed E-state index contributed by atoms with van der Waals surface area (Å²) in [5.41, 5.74) is 5.59. The van der Waals surface area contributed by atoms with E-state index in [1.165, 1.54) is 0 Å². The van der Waals surface area contributed by atoms with Crippen LogP contribution in [0.1, 0.15) is 6.92 Å². The summed E-state index contributed by atoms with van der Waals surface area (Å²) in [6.45, 7) is 7.91. The van der Waals surface area contributed by atoms with Gasteiger partial charge in [-0.3, -0.25) is 9.30 Å². The highest BCUT2D eigenvalue weighted by Crippen LogP contribution is 2.27. The van der Waals surface area contributed by atoms with Crippen molar-refractivity contribution in [2.45, 2.75) is 6.92 Å². The molecule has 4 aromatic rings. The van der Waals surface area contributed by atoms with E-state index in [-0.39, 0.29) is 18.4 Å². The molecule has 1 aliphatic rings. The number of amides is 2. The first-order valence-electron chi connectivity index (χ1n) is 12.3. The normalized spacial score (nSPS) is 13.6. The lowest BCUT2D eigenvalue weighted by molar-refractivity contribution is 0.0398. The van der Waals surface area contributed by atoms with Crippen LogP contribution in [-0.2, 0) is 4.74 Å². The number of anilines is 2. The van der Waals surface area contributed by atoms with Crippen LogP contribution in [0.5, 0.6) is 0 Å². The van der Waals surface area contributed by atoms with Crippen LogP contribution in [-0.4, -0.2) is 71.2 Å². The van der Waals surface area contributed by atoms with Gasteiger partial charge in [-0.1, -0.05) is 12.1 Å².